The maximum absolute atomic E-state index is 11.9. The molecular formula is C12H22BrNO2. The summed E-state index contributed by atoms with van der Waals surface area (Å²) in [7, 11) is 0. The lowest BCUT2D eigenvalue weighted by Crippen LogP contribution is -2.38. The van der Waals surface area contributed by atoms with E-state index in [0.29, 0.717) is 24.3 Å². The minimum absolute atomic E-state index is 0.293. The van der Waals surface area contributed by atoms with Crippen LogP contribution >= 0.6 is 15.9 Å². The average molecular weight is 292 g/mol. The van der Waals surface area contributed by atoms with Gasteiger partial charge < -0.3 is 9.64 Å². The summed E-state index contributed by atoms with van der Waals surface area (Å²) in [6, 6.07) is 0. The normalized spacial score (nSPS) is 23.9. The second kappa shape index (κ2) is 7.28. The molecule has 4 heteroatoms. The molecule has 1 aliphatic rings. The van der Waals surface area contributed by atoms with Crippen molar-refractivity contribution in [2.75, 3.05) is 25.0 Å². The molecular weight excluding hydrogens is 270 g/mol. The average Bonchev–Trinajstić information content (AvgIpc) is 2.22. The van der Waals surface area contributed by atoms with Gasteiger partial charge in [0.15, 0.2) is 0 Å². The topological polar surface area (TPSA) is 29.5 Å². The molecule has 94 valence electrons. The van der Waals surface area contributed by atoms with E-state index in [1.165, 1.54) is 0 Å². The van der Waals surface area contributed by atoms with Crippen molar-refractivity contribution in [3.8, 4) is 0 Å². The van der Waals surface area contributed by atoms with E-state index in [1.807, 2.05) is 18.7 Å². The molecule has 0 N–H and O–H groups in total. The molecule has 1 saturated carbocycles. The molecule has 0 aromatic carbocycles. The highest BCUT2D eigenvalue weighted by Crippen LogP contribution is 2.33. The Morgan fingerprint density at radius 1 is 1.44 bits per heavy atom. The van der Waals surface area contributed by atoms with Crippen molar-refractivity contribution in [1.29, 1.82) is 0 Å². The van der Waals surface area contributed by atoms with Gasteiger partial charge in [0.1, 0.15) is 0 Å². The predicted molar refractivity (Wildman–Crippen MR) is 68.8 cm³/mol. The minimum Gasteiger partial charge on any atom is -0.378 e. The molecule has 1 fully saturated rings. The van der Waals surface area contributed by atoms with E-state index >= 15 is 0 Å². The summed E-state index contributed by atoms with van der Waals surface area (Å²) in [5.41, 5.74) is 0. The van der Waals surface area contributed by atoms with E-state index in [2.05, 4.69) is 15.9 Å². The van der Waals surface area contributed by atoms with Crippen molar-refractivity contribution in [2.24, 2.45) is 5.92 Å². The highest BCUT2D eigenvalue weighted by molar-refractivity contribution is 9.09. The molecule has 3 nitrogen and oxygen atoms in total. The van der Waals surface area contributed by atoms with Crippen LogP contribution in [0.2, 0.25) is 0 Å². The molecule has 0 aliphatic heterocycles. The van der Waals surface area contributed by atoms with Crippen molar-refractivity contribution in [3.63, 3.8) is 0 Å². The second-order valence-electron chi connectivity index (χ2n) is 4.28. The molecule has 0 bridgehead atoms. The van der Waals surface area contributed by atoms with Gasteiger partial charge in [-0.1, -0.05) is 15.9 Å². The zero-order chi connectivity index (χ0) is 12.0. The van der Waals surface area contributed by atoms with Crippen LogP contribution in [-0.2, 0) is 9.53 Å². The molecule has 1 amide bonds. The first-order valence-electron chi connectivity index (χ1n) is 6.16. The van der Waals surface area contributed by atoms with Crippen LogP contribution in [0.1, 0.15) is 33.1 Å². The van der Waals surface area contributed by atoms with Gasteiger partial charge in [0, 0.05) is 31.4 Å². The van der Waals surface area contributed by atoms with Gasteiger partial charge in [-0.3, -0.25) is 4.79 Å². The lowest BCUT2D eigenvalue weighted by Gasteiger charge is -2.35. The minimum atomic E-state index is 0.293. The third-order valence-electron chi connectivity index (χ3n) is 3.15. The summed E-state index contributed by atoms with van der Waals surface area (Å²) in [5, 5.41) is 0.860. The number of carbonyl (C=O) groups is 1. The molecule has 1 rings (SSSR count). The molecule has 0 aromatic heterocycles. The zero-order valence-corrected chi connectivity index (χ0v) is 11.8. The van der Waals surface area contributed by atoms with Crippen LogP contribution in [0.25, 0.3) is 0 Å². The van der Waals surface area contributed by atoms with Crippen LogP contribution in [0.15, 0.2) is 0 Å². The van der Waals surface area contributed by atoms with Crippen molar-refractivity contribution in [2.45, 2.75) is 39.2 Å². The Balaban J connectivity index is 2.20. The van der Waals surface area contributed by atoms with Gasteiger partial charge in [0.2, 0.25) is 5.91 Å². The second-order valence-corrected chi connectivity index (χ2v) is 5.07. The van der Waals surface area contributed by atoms with Crippen molar-refractivity contribution in [1.82, 2.24) is 4.90 Å². The fraction of sp³-hybridized carbons (Fsp3) is 0.917. The lowest BCUT2D eigenvalue weighted by molar-refractivity contribution is -0.134. The van der Waals surface area contributed by atoms with Crippen molar-refractivity contribution >= 4 is 21.8 Å². The number of carbonyl (C=O) groups excluding carboxylic acids is 1. The van der Waals surface area contributed by atoms with E-state index in [4.69, 9.17) is 4.74 Å². The number of nitrogens with zero attached hydrogens (tertiary/aromatic N) is 1. The van der Waals surface area contributed by atoms with E-state index in [1.54, 1.807) is 0 Å². The molecule has 0 radical (unpaired) electrons. The van der Waals surface area contributed by atoms with Gasteiger partial charge in [-0.2, -0.15) is 0 Å². The van der Waals surface area contributed by atoms with E-state index in [-0.39, 0.29) is 0 Å². The molecule has 0 aromatic rings. The van der Waals surface area contributed by atoms with Crippen LogP contribution in [0.3, 0.4) is 0 Å². The standard InChI is InChI=1S/C12H22BrNO2/c1-3-14(6-5-13)12(15)9-10-7-11(8-10)16-4-2/h10-11H,3-9H2,1-2H3. The van der Waals surface area contributed by atoms with Gasteiger partial charge >= 0.3 is 0 Å². The Hall–Kier alpha value is -0.0900. The van der Waals surface area contributed by atoms with E-state index < -0.39 is 0 Å². The molecule has 0 spiro atoms. The fourth-order valence-electron chi connectivity index (χ4n) is 2.15. The molecule has 16 heavy (non-hydrogen) atoms. The predicted octanol–water partition coefficient (Wildman–Crippen LogP) is 2.44. The van der Waals surface area contributed by atoms with Crippen molar-refractivity contribution in [3.05, 3.63) is 0 Å². The summed E-state index contributed by atoms with van der Waals surface area (Å²) in [6.07, 6.45) is 3.23. The fourth-order valence-corrected chi connectivity index (χ4v) is 2.58. The first-order valence-corrected chi connectivity index (χ1v) is 7.28. The number of halogens is 1. The molecule has 0 heterocycles. The lowest BCUT2D eigenvalue weighted by atomic mass is 9.79. The Morgan fingerprint density at radius 2 is 2.12 bits per heavy atom. The monoisotopic (exact) mass is 291 g/mol. The first-order chi connectivity index (χ1) is 7.71. The Kier molecular flexibility index (Phi) is 6.36. The zero-order valence-electron chi connectivity index (χ0n) is 10.2. The van der Waals surface area contributed by atoms with Gasteiger partial charge in [0.05, 0.1) is 6.10 Å². The number of alkyl halides is 1. The van der Waals surface area contributed by atoms with Gasteiger partial charge in [-0.05, 0) is 32.6 Å². The Bertz CT molecular complexity index is 217. The third kappa shape index (κ3) is 4.06. The highest BCUT2D eigenvalue weighted by Gasteiger charge is 2.31. The summed E-state index contributed by atoms with van der Waals surface area (Å²) < 4.78 is 5.49. The molecule has 0 atom stereocenters. The maximum atomic E-state index is 11.9. The number of hydrogen-bond acceptors (Lipinski definition) is 2. The number of amides is 1. The van der Waals surface area contributed by atoms with Gasteiger partial charge in [0.25, 0.3) is 0 Å². The largest absolute Gasteiger partial charge is 0.378 e. The summed E-state index contributed by atoms with van der Waals surface area (Å²) in [6.45, 7) is 6.47. The third-order valence-corrected chi connectivity index (χ3v) is 3.50. The Morgan fingerprint density at radius 3 is 2.62 bits per heavy atom. The summed E-state index contributed by atoms with van der Waals surface area (Å²) in [5.74, 6) is 0.843. The SMILES string of the molecule is CCOC1CC(CC(=O)N(CC)CCBr)C1. The highest BCUT2D eigenvalue weighted by atomic mass is 79.9. The maximum Gasteiger partial charge on any atom is 0.222 e. The van der Waals surface area contributed by atoms with Crippen molar-refractivity contribution < 1.29 is 9.53 Å². The Labute approximate surface area is 107 Å². The molecule has 0 saturated heterocycles. The van der Waals surface area contributed by atoms with Gasteiger partial charge in [-0.15, -0.1) is 0 Å². The number of rotatable bonds is 7. The van der Waals surface area contributed by atoms with Crippen LogP contribution in [-0.4, -0.2) is 41.9 Å². The van der Waals surface area contributed by atoms with Gasteiger partial charge in [-0.25, -0.2) is 0 Å². The van der Waals surface area contributed by atoms with Crippen LogP contribution in [0.4, 0.5) is 0 Å². The number of ether oxygens (including phenoxy) is 1. The van der Waals surface area contributed by atoms with Crippen LogP contribution < -0.4 is 0 Å². The quantitative estimate of drug-likeness (QED) is 0.675. The van der Waals surface area contributed by atoms with E-state index in [0.717, 1.165) is 37.9 Å². The number of hydrogen-bond donors (Lipinski definition) is 0. The first kappa shape index (κ1) is 14.0. The van der Waals surface area contributed by atoms with E-state index in [9.17, 15) is 4.79 Å². The summed E-state index contributed by atoms with van der Waals surface area (Å²) >= 11 is 3.37. The van der Waals surface area contributed by atoms with Crippen LogP contribution in [0, 0.1) is 5.92 Å². The molecule has 0 unspecified atom stereocenters. The molecule has 1 aliphatic carbocycles. The van der Waals surface area contributed by atoms with Crippen LogP contribution in [0.5, 0.6) is 0 Å². The summed E-state index contributed by atoms with van der Waals surface area (Å²) in [4.78, 5) is 13.8. The smallest absolute Gasteiger partial charge is 0.222 e.